The molecule has 1 unspecified atom stereocenters. The van der Waals surface area contributed by atoms with Gasteiger partial charge in [0.25, 0.3) is 0 Å². The van der Waals surface area contributed by atoms with Gasteiger partial charge in [-0.2, -0.15) is 0 Å². The van der Waals surface area contributed by atoms with Crippen LogP contribution in [-0.2, 0) is 4.74 Å². The van der Waals surface area contributed by atoms with Crippen molar-refractivity contribution in [3.8, 4) is 5.75 Å². The molecule has 0 aliphatic heterocycles. The number of carbonyl (C=O) groups is 1. The Morgan fingerprint density at radius 2 is 2.00 bits per heavy atom. The maximum absolute atomic E-state index is 13.4. The first kappa shape index (κ1) is 19.2. The Hall–Kier alpha value is -1.82. The highest BCUT2D eigenvalue weighted by molar-refractivity contribution is 5.67. The van der Waals surface area contributed by atoms with Gasteiger partial charge in [0.2, 0.25) is 0 Å². The number of halogens is 1. The molecule has 2 N–H and O–H groups in total. The Kier molecular flexibility index (Phi) is 7.29. The van der Waals surface area contributed by atoms with E-state index in [1.54, 1.807) is 13.2 Å². The topological polar surface area (TPSA) is 59.6 Å². The first-order valence-electron chi connectivity index (χ1n) is 7.76. The minimum atomic E-state index is -0.495. The van der Waals surface area contributed by atoms with E-state index >= 15 is 0 Å². The van der Waals surface area contributed by atoms with Gasteiger partial charge in [-0.15, -0.1) is 0 Å². The molecule has 1 aromatic carbocycles. The van der Waals surface area contributed by atoms with E-state index in [1.165, 1.54) is 12.1 Å². The van der Waals surface area contributed by atoms with Gasteiger partial charge < -0.3 is 20.1 Å². The number of ether oxygens (including phenoxy) is 2. The maximum Gasteiger partial charge on any atom is 0.407 e. The molecule has 0 aliphatic carbocycles. The number of methoxy groups -OCH3 is 1. The summed E-state index contributed by atoms with van der Waals surface area (Å²) in [6.07, 6.45) is 0.318. The molecule has 1 aromatic rings. The van der Waals surface area contributed by atoms with Crippen molar-refractivity contribution in [3.63, 3.8) is 0 Å². The van der Waals surface area contributed by atoms with Crippen LogP contribution in [0.15, 0.2) is 18.2 Å². The predicted molar refractivity (Wildman–Crippen MR) is 88.2 cm³/mol. The average Bonchev–Trinajstić information content (AvgIpc) is 2.44. The first-order valence-corrected chi connectivity index (χ1v) is 7.76. The van der Waals surface area contributed by atoms with Crippen LogP contribution in [0, 0.1) is 5.82 Å². The number of hydrogen-bond donors (Lipinski definition) is 2. The zero-order chi connectivity index (χ0) is 17.5. The molecule has 5 nitrogen and oxygen atoms in total. The quantitative estimate of drug-likeness (QED) is 0.754. The summed E-state index contributed by atoms with van der Waals surface area (Å²) >= 11 is 0. The van der Waals surface area contributed by atoms with Crippen LogP contribution in [0.25, 0.3) is 0 Å². The molecule has 0 spiro atoms. The highest BCUT2D eigenvalue weighted by atomic mass is 19.1. The zero-order valence-corrected chi connectivity index (χ0v) is 14.5. The molecule has 0 radical (unpaired) electrons. The molecule has 1 atom stereocenters. The van der Waals surface area contributed by atoms with E-state index in [1.807, 2.05) is 27.7 Å². The van der Waals surface area contributed by atoms with E-state index in [-0.39, 0.29) is 11.9 Å². The summed E-state index contributed by atoms with van der Waals surface area (Å²) in [7, 11) is 1.56. The van der Waals surface area contributed by atoms with Gasteiger partial charge in [0.05, 0.1) is 7.11 Å². The second kappa shape index (κ2) is 8.72. The SMILES string of the molecule is COc1ccc(F)cc1C(C)NCCCNC(=O)OC(C)(C)C. The number of nitrogens with one attached hydrogen (secondary N) is 2. The molecule has 0 heterocycles. The molecular formula is C17H27FN2O3. The fourth-order valence-electron chi connectivity index (χ4n) is 2.07. The third kappa shape index (κ3) is 7.32. The molecule has 0 fully saturated rings. The van der Waals surface area contributed by atoms with Crippen LogP contribution in [0.4, 0.5) is 9.18 Å². The summed E-state index contributed by atoms with van der Waals surface area (Å²) < 4.78 is 23.8. The van der Waals surface area contributed by atoms with Crippen molar-refractivity contribution in [2.24, 2.45) is 0 Å². The van der Waals surface area contributed by atoms with Crippen LogP contribution in [0.3, 0.4) is 0 Å². The molecule has 0 bridgehead atoms. The predicted octanol–water partition coefficient (Wildman–Crippen LogP) is 3.40. The Morgan fingerprint density at radius 1 is 1.30 bits per heavy atom. The van der Waals surface area contributed by atoms with Gasteiger partial charge in [-0.25, -0.2) is 9.18 Å². The standard InChI is InChI=1S/C17H27FN2O3/c1-12(14-11-13(18)7-8-15(14)22-5)19-9-6-10-20-16(21)23-17(2,3)4/h7-8,11-12,19H,6,9-10H2,1-5H3,(H,20,21). The fourth-order valence-corrected chi connectivity index (χ4v) is 2.07. The van der Waals surface area contributed by atoms with Crippen molar-refractivity contribution in [3.05, 3.63) is 29.6 Å². The van der Waals surface area contributed by atoms with Crippen molar-refractivity contribution in [1.29, 1.82) is 0 Å². The zero-order valence-electron chi connectivity index (χ0n) is 14.5. The number of benzene rings is 1. The van der Waals surface area contributed by atoms with E-state index < -0.39 is 11.7 Å². The van der Waals surface area contributed by atoms with Crippen molar-refractivity contribution in [1.82, 2.24) is 10.6 Å². The van der Waals surface area contributed by atoms with Crippen LogP contribution < -0.4 is 15.4 Å². The summed E-state index contributed by atoms with van der Waals surface area (Å²) in [4.78, 5) is 11.5. The van der Waals surface area contributed by atoms with Crippen LogP contribution in [-0.4, -0.2) is 31.9 Å². The number of alkyl carbamates (subject to hydrolysis) is 1. The van der Waals surface area contributed by atoms with E-state index in [2.05, 4.69) is 10.6 Å². The summed E-state index contributed by atoms with van der Waals surface area (Å²) in [6.45, 7) is 8.59. The Labute approximate surface area is 137 Å². The first-order chi connectivity index (χ1) is 10.7. The fraction of sp³-hybridized carbons (Fsp3) is 0.588. The van der Waals surface area contributed by atoms with Crippen molar-refractivity contribution in [2.75, 3.05) is 20.2 Å². The molecule has 0 saturated heterocycles. The Bertz CT molecular complexity index is 515. The molecule has 0 saturated carbocycles. The Morgan fingerprint density at radius 3 is 2.61 bits per heavy atom. The average molecular weight is 326 g/mol. The Balaban J connectivity index is 2.33. The summed E-state index contributed by atoms with van der Waals surface area (Å²) in [5.41, 5.74) is 0.276. The summed E-state index contributed by atoms with van der Waals surface area (Å²) in [6, 6.07) is 4.41. The third-order valence-electron chi connectivity index (χ3n) is 3.13. The lowest BCUT2D eigenvalue weighted by molar-refractivity contribution is 0.0527. The molecule has 0 aromatic heterocycles. The smallest absolute Gasteiger partial charge is 0.407 e. The van der Waals surface area contributed by atoms with Gasteiger partial charge in [0.15, 0.2) is 0 Å². The highest BCUT2D eigenvalue weighted by Gasteiger charge is 2.15. The van der Waals surface area contributed by atoms with Gasteiger partial charge in [-0.05, 0) is 58.9 Å². The van der Waals surface area contributed by atoms with Crippen LogP contribution in [0.1, 0.15) is 45.7 Å². The van der Waals surface area contributed by atoms with Crippen molar-refractivity contribution < 1.29 is 18.7 Å². The lowest BCUT2D eigenvalue weighted by Gasteiger charge is -2.20. The molecular weight excluding hydrogens is 299 g/mol. The molecule has 23 heavy (non-hydrogen) atoms. The van der Waals surface area contributed by atoms with Gasteiger partial charge in [-0.1, -0.05) is 0 Å². The second-order valence-corrected chi connectivity index (χ2v) is 6.34. The van der Waals surface area contributed by atoms with E-state index in [9.17, 15) is 9.18 Å². The number of hydrogen-bond acceptors (Lipinski definition) is 4. The number of rotatable bonds is 7. The largest absolute Gasteiger partial charge is 0.496 e. The van der Waals surface area contributed by atoms with Crippen LogP contribution >= 0.6 is 0 Å². The summed E-state index contributed by atoms with van der Waals surface area (Å²) in [5.74, 6) is 0.360. The monoisotopic (exact) mass is 326 g/mol. The molecule has 1 amide bonds. The molecule has 0 aliphatic rings. The van der Waals surface area contributed by atoms with E-state index in [0.29, 0.717) is 18.8 Å². The number of amides is 1. The number of carbonyl (C=O) groups excluding carboxylic acids is 1. The minimum Gasteiger partial charge on any atom is -0.496 e. The van der Waals surface area contributed by atoms with Gasteiger partial charge in [0, 0.05) is 18.2 Å². The maximum atomic E-state index is 13.4. The molecule has 6 heteroatoms. The molecule has 130 valence electrons. The van der Waals surface area contributed by atoms with Gasteiger partial charge in [0.1, 0.15) is 17.2 Å². The third-order valence-corrected chi connectivity index (χ3v) is 3.13. The van der Waals surface area contributed by atoms with E-state index in [0.717, 1.165) is 12.0 Å². The molecule has 1 rings (SSSR count). The van der Waals surface area contributed by atoms with Gasteiger partial charge >= 0.3 is 6.09 Å². The summed E-state index contributed by atoms with van der Waals surface area (Å²) in [5, 5.41) is 5.98. The highest BCUT2D eigenvalue weighted by Crippen LogP contribution is 2.25. The second-order valence-electron chi connectivity index (χ2n) is 6.34. The van der Waals surface area contributed by atoms with Crippen molar-refractivity contribution >= 4 is 6.09 Å². The lowest BCUT2D eigenvalue weighted by atomic mass is 10.1. The lowest BCUT2D eigenvalue weighted by Crippen LogP contribution is -2.34. The minimum absolute atomic E-state index is 0.0535. The van der Waals surface area contributed by atoms with Crippen LogP contribution in [0.5, 0.6) is 5.75 Å². The van der Waals surface area contributed by atoms with Crippen LogP contribution in [0.2, 0.25) is 0 Å². The van der Waals surface area contributed by atoms with E-state index in [4.69, 9.17) is 9.47 Å². The normalized spacial score (nSPS) is 12.6. The van der Waals surface area contributed by atoms with Crippen molar-refractivity contribution in [2.45, 2.75) is 45.8 Å². The van der Waals surface area contributed by atoms with Gasteiger partial charge in [-0.3, -0.25) is 0 Å².